The summed E-state index contributed by atoms with van der Waals surface area (Å²) >= 11 is 0. The number of anilines is 1. The number of hydrogen-bond acceptors (Lipinski definition) is 6. The first-order valence-corrected chi connectivity index (χ1v) is 9.40. The quantitative estimate of drug-likeness (QED) is 0.799. The second-order valence-corrected chi connectivity index (χ2v) is 6.55. The maximum absolute atomic E-state index is 12.3. The zero-order valence-corrected chi connectivity index (χ0v) is 16.0. The highest BCUT2D eigenvalue weighted by molar-refractivity contribution is 5.93. The van der Waals surface area contributed by atoms with Crippen LogP contribution >= 0.6 is 0 Å². The Labute approximate surface area is 160 Å². The number of carbonyl (C=O) groups excluding carboxylic acids is 1. The average molecular weight is 369 g/mol. The summed E-state index contributed by atoms with van der Waals surface area (Å²) in [5, 5.41) is 2.92. The topological polar surface area (TPSA) is 70.6 Å². The minimum Gasteiger partial charge on any atom is -0.497 e. The lowest BCUT2D eigenvalue weighted by molar-refractivity contribution is 0.0953. The van der Waals surface area contributed by atoms with Crippen molar-refractivity contribution < 1.29 is 9.53 Å². The molecule has 27 heavy (non-hydrogen) atoms. The van der Waals surface area contributed by atoms with E-state index >= 15 is 0 Å². The molecule has 1 aromatic heterocycles. The van der Waals surface area contributed by atoms with E-state index in [9.17, 15) is 4.79 Å². The highest BCUT2D eigenvalue weighted by Crippen LogP contribution is 2.13. The lowest BCUT2D eigenvalue weighted by Gasteiger charge is -2.33. The molecule has 0 spiro atoms. The van der Waals surface area contributed by atoms with Gasteiger partial charge in [0.25, 0.3) is 5.91 Å². The van der Waals surface area contributed by atoms with Crippen LogP contribution in [-0.2, 0) is 6.42 Å². The first-order valence-electron chi connectivity index (χ1n) is 9.40. The van der Waals surface area contributed by atoms with Crippen molar-refractivity contribution in [3.05, 3.63) is 47.8 Å². The number of likely N-dealkylation sites (N-methyl/N-ethyl adjacent to an activating group) is 1. The summed E-state index contributed by atoms with van der Waals surface area (Å²) in [6, 6.07) is 7.85. The molecule has 0 unspecified atom stereocenters. The van der Waals surface area contributed by atoms with Crippen LogP contribution in [0.4, 0.5) is 5.95 Å². The molecule has 1 aliphatic heterocycles. The SMILES string of the molecule is CCN1CCN(c2ncc(C(=O)NCCc3cccc(OC)c3)cn2)CC1. The van der Waals surface area contributed by atoms with E-state index in [4.69, 9.17) is 4.74 Å². The summed E-state index contributed by atoms with van der Waals surface area (Å²) in [6.07, 6.45) is 3.95. The molecule has 1 fully saturated rings. The molecule has 2 heterocycles. The Kier molecular flexibility index (Phi) is 6.59. The maximum Gasteiger partial charge on any atom is 0.254 e. The highest BCUT2D eigenvalue weighted by atomic mass is 16.5. The number of amides is 1. The second kappa shape index (κ2) is 9.32. The summed E-state index contributed by atoms with van der Waals surface area (Å²) < 4.78 is 5.21. The van der Waals surface area contributed by atoms with E-state index in [-0.39, 0.29) is 5.91 Å². The van der Waals surface area contributed by atoms with Gasteiger partial charge in [0.2, 0.25) is 5.95 Å². The van der Waals surface area contributed by atoms with Gasteiger partial charge in [-0.1, -0.05) is 19.1 Å². The molecule has 1 amide bonds. The van der Waals surface area contributed by atoms with Crippen molar-refractivity contribution in [2.45, 2.75) is 13.3 Å². The predicted octanol–water partition coefficient (Wildman–Crippen LogP) is 1.60. The average Bonchev–Trinajstić information content (AvgIpc) is 2.74. The summed E-state index contributed by atoms with van der Waals surface area (Å²) in [6.45, 7) is 7.67. The van der Waals surface area contributed by atoms with E-state index in [0.29, 0.717) is 18.1 Å². The molecule has 0 radical (unpaired) electrons. The van der Waals surface area contributed by atoms with Crippen LogP contribution in [0.1, 0.15) is 22.8 Å². The number of carbonyl (C=O) groups is 1. The van der Waals surface area contributed by atoms with E-state index in [2.05, 4.69) is 32.0 Å². The van der Waals surface area contributed by atoms with Crippen LogP contribution in [0.3, 0.4) is 0 Å². The first-order chi connectivity index (χ1) is 13.2. The van der Waals surface area contributed by atoms with E-state index in [0.717, 1.165) is 50.5 Å². The van der Waals surface area contributed by atoms with Crippen molar-refractivity contribution >= 4 is 11.9 Å². The summed E-state index contributed by atoms with van der Waals surface area (Å²) in [4.78, 5) is 25.6. The van der Waals surface area contributed by atoms with Gasteiger partial charge in [0.1, 0.15) is 5.75 Å². The maximum atomic E-state index is 12.3. The molecule has 144 valence electrons. The van der Waals surface area contributed by atoms with Gasteiger partial charge in [-0.05, 0) is 30.7 Å². The van der Waals surface area contributed by atoms with Crippen molar-refractivity contribution in [2.75, 3.05) is 51.3 Å². The molecular weight excluding hydrogens is 342 g/mol. The van der Waals surface area contributed by atoms with Crippen LogP contribution in [0.25, 0.3) is 0 Å². The van der Waals surface area contributed by atoms with Gasteiger partial charge in [0.15, 0.2) is 0 Å². The Bertz CT molecular complexity index is 742. The fourth-order valence-corrected chi connectivity index (χ4v) is 3.12. The third kappa shape index (κ3) is 5.17. The van der Waals surface area contributed by atoms with E-state index in [1.807, 2.05) is 24.3 Å². The summed E-state index contributed by atoms with van der Waals surface area (Å²) in [7, 11) is 1.65. The Morgan fingerprint density at radius 1 is 1.19 bits per heavy atom. The van der Waals surface area contributed by atoms with E-state index in [1.165, 1.54) is 0 Å². The summed E-state index contributed by atoms with van der Waals surface area (Å²) in [5.41, 5.74) is 1.60. The molecule has 7 nitrogen and oxygen atoms in total. The molecule has 1 aromatic carbocycles. The van der Waals surface area contributed by atoms with Crippen molar-refractivity contribution in [1.29, 1.82) is 0 Å². The molecule has 0 atom stereocenters. The van der Waals surface area contributed by atoms with Crippen LogP contribution in [0.2, 0.25) is 0 Å². The number of rotatable bonds is 7. The Balaban J connectivity index is 1.48. The standard InChI is InChI=1S/C20H27N5O2/c1-3-24-9-11-25(12-10-24)20-22-14-17(15-23-20)19(26)21-8-7-16-5-4-6-18(13-16)27-2/h4-6,13-15H,3,7-12H2,1-2H3,(H,21,26). The molecule has 7 heteroatoms. The van der Waals surface area contributed by atoms with Gasteiger partial charge in [-0.2, -0.15) is 0 Å². The second-order valence-electron chi connectivity index (χ2n) is 6.55. The Hall–Kier alpha value is -2.67. The number of hydrogen-bond donors (Lipinski definition) is 1. The monoisotopic (exact) mass is 369 g/mol. The van der Waals surface area contributed by atoms with Gasteiger partial charge in [0.05, 0.1) is 12.7 Å². The van der Waals surface area contributed by atoms with Gasteiger partial charge >= 0.3 is 0 Å². The lowest BCUT2D eigenvalue weighted by atomic mass is 10.1. The van der Waals surface area contributed by atoms with Gasteiger partial charge in [-0.25, -0.2) is 9.97 Å². The number of nitrogens with zero attached hydrogens (tertiary/aromatic N) is 4. The third-order valence-corrected chi connectivity index (χ3v) is 4.84. The molecule has 3 rings (SSSR count). The molecule has 1 saturated heterocycles. The van der Waals surface area contributed by atoms with Gasteiger partial charge < -0.3 is 19.9 Å². The van der Waals surface area contributed by atoms with Crippen LogP contribution in [0, 0.1) is 0 Å². The number of methoxy groups -OCH3 is 1. The molecular formula is C20H27N5O2. The normalized spacial score (nSPS) is 14.8. The van der Waals surface area contributed by atoms with Gasteiger partial charge in [-0.15, -0.1) is 0 Å². The molecule has 1 N–H and O–H groups in total. The van der Waals surface area contributed by atoms with Crippen LogP contribution < -0.4 is 15.0 Å². The lowest BCUT2D eigenvalue weighted by Crippen LogP contribution is -2.46. The smallest absolute Gasteiger partial charge is 0.254 e. The Morgan fingerprint density at radius 2 is 1.93 bits per heavy atom. The minimum absolute atomic E-state index is 0.153. The van der Waals surface area contributed by atoms with Gasteiger partial charge in [0, 0.05) is 45.1 Å². The number of aromatic nitrogens is 2. The largest absolute Gasteiger partial charge is 0.497 e. The van der Waals surface area contributed by atoms with Crippen LogP contribution in [0.5, 0.6) is 5.75 Å². The van der Waals surface area contributed by atoms with Gasteiger partial charge in [-0.3, -0.25) is 4.79 Å². The van der Waals surface area contributed by atoms with Crippen molar-refractivity contribution in [3.8, 4) is 5.75 Å². The van der Waals surface area contributed by atoms with Crippen LogP contribution in [0.15, 0.2) is 36.7 Å². The van der Waals surface area contributed by atoms with Crippen molar-refractivity contribution in [1.82, 2.24) is 20.2 Å². The minimum atomic E-state index is -0.153. The number of piperazine rings is 1. The molecule has 0 bridgehead atoms. The zero-order valence-electron chi connectivity index (χ0n) is 16.0. The summed E-state index contributed by atoms with van der Waals surface area (Å²) in [5.74, 6) is 1.36. The molecule has 0 aliphatic carbocycles. The molecule has 0 saturated carbocycles. The highest BCUT2D eigenvalue weighted by Gasteiger charge is 2.18. The van der Waals surface area contributed by atoms with Crippen molar-refractivity contribution in [3.63, 3.8) is 0 Å². The van der Waals surface area contributed by atoms with E-state index < -0.39 is 0 Å². The predicted molar refractivity (Wildman–Crippen MR) is 105 cm³/mol. The fourth-order valence-electron chi connectivity index (χ4n) is 3.12. The molecule has 2 aromatic rings. The van der Waals surface area contributed by atoms with E-state index in [1.54, 1.807) is 19.5 Å². The first kappa shape index (κ1) is 19.1. The zero-order chi connectivity index (χ0) is 19.1. The number of ether oxygens (including phenoxy) is 1. The number of benzene rings is 1. The Morgan fingerprint density at radius 3 is 2.59 bits per heavy atom. The van der Waals surface area contributed by atoms with Crippen molar-refractivity contribution in [2.24, 2.45) is 0 Å². The molecule has 1 aliphatic rings. The fraction of sp³-hybridized carbons (Fsp3) is 0.450. The van der Waals surface area contributed by atoms with Crippen LogP contribution in [-0.4, -0.2) is 67.2 Å². The number of nitrogens with one attached hydrogen (secondary N) is 1. The third-order valence-electron chi connectivity index (χ3n) is 4.84.